The minimum absolute atomic E-state index is 0.0118. The zero-order valence-electron chi connectivity index (χ0n) is 14.3. The summed E-state index contributed by atoms with van der Waals surface area (Å²) in [5, 5.41) is 0. The lowest BCUT2D eigenvalue weighted by atomic mass is 10.1. The zero-order chi connectivity index (χ0) is 18.7. The van der Waals surface area contributed by atoms with Crippen molar-refractivity contribution in [2.45, 2.75) is 52.2 Å². The summed E-state index contributed by atoms with van der Waals surface area (Å²) in [6.07, 6.45) is -2.13. The zero-order valence-corrected chi connectivity index (χ0v) is 14.3. The summed E-state index contributed by atoms with van der Waals surface area (Å²) in [5.41, 5.74) is 5.32. The third-order valence-electron chi connectivity index (χ3n) is 3.54. The normalized spacial score (nSPS) is 25.0. The van der Waals surface area contributed by atoms with E-state index >= 15 is 0 Å². The molecule has 0 saturated carbocycles. The van der Waals surface area contributed by atoms with Crippen molar-refractivity contribution in [2.75, 3.05) is 5.73 Å². The van der Waals surface area contributed by atoms with E-state index in [-0.39, 0.29) is 5.82 Å². The van der Waals surface area contributed by atoms with Gasteiger partial charge in [-0.1, -0.05) is 5.92 Å². The Bertz CT molecular complexity index is 806. The van der Waals surface area contributed by atoms with Gasteiger partial charge in [0, 0.05) is 20.0 Å². The number of aromatic nitrogens is 2. The van der Waals surface area contributed by atoms with E-state index in [9.17, 15) is 14.4 Å². The van der Waals surface area contributed by atoms with Gasteiger partial charge in [-0.15, -0.1) is 5.92 Å². The van der Waals surface area contributed by atoms with Crippen molar-refractivity contribution in [2.24, 2.45) is 0 Å². The number of nitrogens with zero attached hydrogens (tertiary/aromatic N) is 2. The van der Waals surface area contributed by atoms with Crippen LogP contribution in [0.1, 0.15) is 39.5 Å². The molecule has 134 valence electrons. The molecule has 0 bridgehead atoms. The fourth-order valence-electron chi connectivity index (χ4n) is 2.59. The first-order valence-electron chi connectivity index (χ1n) is 7.56. The van der Waals surface area contributed by atoms with Gasteiger partial charge in [0.2, 0.25) is 0 Å². The van der Waals surface area contributed by atoms with Crippen LogP contribution in [0.5, 0.6) is 0 Å². The maximum absolute atomic E-state index is 12.2. The summed E-state index contributed by atoms with van der Waals surface area (Å²) in [6.45, 7) is 5.70. The number of rotatable bonds is 3. The monoisotopic (exact) mass is 349 g/mol. The van der Waals surface area contributed by atoms with Crippen molar-refractivity contribution in [3.63, 3.8) is 0 Å². The van der Waals surface area contributed by atoms with Crippen LogP contribution in [0, 0.1) is 11.8 Å². The molecule has 1 fully saturated rings. The highest BCUT2D eigenvalue weighted by Crippen LogP contribution is 2.33. The molecule has 1 saturated heterocycles. The molecule has 2 unspecified atom stereocenters. The number of carbonyl (C=O) groups is 2. The first-order chi connectivity index (χ1) is 11.7. The number of hydrogen-bond acceptors (Lipinski definition) is 8. The summed E-state index contributed by atoms with van der Waals surface area (Å²) in [7, 11) is 0. The smallest absolute Gasteiger partial charge is 0.351 e. The number of nitrogen functional groups attached to an aromatic ring is 1. The van der Waals surface area contributed by atoms with Gasteiger partial charge in [-0.2, -0.15) is 4.98 Å². The molecule has 0 aliphatic carbocycles. The Kier molecular flexibility index (Phi) is 5.44. The van der Waals surface area contributed by atoms with Crippen molar-refractivity contribution in [3.05, 3.63) is 22.2 Å². The van der Waals surface area contributed by atoms with Gasteiger partial charge >= 0.3 is 17.6 Å². The summed E-state index contributed by atoms with van der Waals surface area (Å²) in [6, 6.07) is 0. The maximum atomic E-state index is 12.2. The van der Waals surface area contributed by atoms with Crippen LogP contribution >= 0.6 is 0 Å². The summed E-state index contributed by atoms with van der Waals surface area (Å²) in [4.78, 5) is 38.8. The minimum Gasteiger partial charge on any atom is -0.456 e. The van der Waals surface area contributed by atoms with Gasteiger partial charge in [0.1, 0.15) is 5.82 Å². The van der Waals surface area contributed by atoms with Crippen molar-refractivity contribution in [1.82, 2.24) is 9.55 Å². The average Bonchev–Trinajstić information content (AvgIpc) is 2.78. The Labute approximate surface area is 144 Å². The fourth-order valence-corrected chi connectivity index (χ4v) is 2.59. The standard InChI is InChI=1S/C16H19N3O6/c1-5-6-11-7-19(16(22)18-14(11)17)15-13(25-10(4)21)12(8(2)23-15)24-9(3)20/h7-8,12-13,15H,1-4H3,(H2,17,18,22)/t8-,12?,13?,15-/m1/s1. The van der Waals surface area contributed by atoms with Crippen LogP contribution in [-0.2, 0) is 23.8 Å². The Morgan fingerprint density at radius 3 is 2.44 bits per heavy atom. The second-order valence-corrected chi connectivity index (χ2v) is 5.48. The second-order valence-electron chi connectivity index (χ2n) is 5.48. The van der Waals surface area contributed by atoms with E-state index in [1.54, 1.807) is 13.8 Å². The Balaban J connectivity index is 2.50. The number of anilines is 1. The summed E-state index contributed by atoms with van der Waals surface area (Å²) < 4.78 is 17.3. The van der Waals surface area contributed by atoms with Crippen LogP contribution in [0.15, 0.2) is 11.0 Å². The molecule has 9 nitrogen and oxygen atoms in total. The lowest BCUT2D eigenvalue weighted by molar-refractivity contribution is -0.165. The van der Waals surface area contributed by atoms with Gasteiger partial charge < -0.3 is 19.9 Å². The molecule has 4 atom stereocenters. The molecule has 0 amide bonds. The van der Waals surface area contributed by atoms with E-state index in [1.165, 1.54) is 20.0 Å². The Morgan fingerprint density at radius 1 is 1.28 bits per heavy atom. The SMILES string of the molecule is CC#Cc1cn([C@@H]2O[C@H](C)C(OC(C)=O)C2OC(C)=O)c(=O)nc1N. The highest BCUT2D eigenvalue weighted by atomic mass is 16.6. The lowest BCUT2D eigenvalue weighted by Gasteiger charge is -2.23. The molecule has 2 N–H and O–H groups in total. The number of carbonyl (C=O) groups excluding carboxylic acids is 2. The quantitative estimate of drug-likeness (QED) is 0.596. The van der Waals surface area contributed by atoms with Crippen LogP contribution in [0.3, 0.4) is 0 Å². The molecule has 1 aromatic rings. The molecule has 0 aromatic carbocycles. The average molecular weight is 349 g/mol. The third-order valence-corrected chi connectivity index (χ3v) is 3.54. The predicted molar refractivity (Wildman–Crippen MR) is 86.2 cm³/mol. The van der Waals surface area contributed by atoms with E-state index < -0.39 is 42.2 Å². The molecular formula is C16H19N3O6. The van der Waals surface area contributed by atoms with E-state index in [0.29, 0.717) is 5.56 Å². The molecular weight excluding hydrogens is 330 g/mol. The third kappa shape index (κ3) is 3.97. The molecule has 2 rings (SSSR count). The van der Waals surface area contributed by atoms with Crippen molar-refractivity contribution in [3.8, 4) is 11.8 Å². The fraction of sp³-hybridized carbons (Fsp3) is 0.500. The van der Waals surface area contributed by atoms with Gasteiger partial charge in [-0.3, -0.25) is 14.2 Å². The number of ether oxygens (including phenoxy) is 3. The number of esters is 2. The first kappa shape index (κ1) is 18.5. The molecule has 1 aromatic heterocycles. The van der Waals surface area contributed by atoms with E-state index in [2.05, 4.69) is 16.8 Å². The van der Waals surface area contributed by atoms with Crippen molar-refractivity contribution >= 4 is 17.8 Å². The van der Waals surface area contributed by atoms with Crippen LogP contribution in [0.2, 0.25) is 0 Å². The molecule has 1 aliphatic heterocycles. The largest absolute Gasteiger partial charge is 0.456 e. The van der Waals surface area contributed by atoms with E-state index in [4.69, 9.17) is 19.9 Å². The molecule has 1 aliphatic rings. The second kappa shape index (κ2) is 7.36. The van der Waals surface area contributed by atoms with Crippen LogP contribution in [0.25, 0.3) is 0 Å². The molecule has 9 heteroatoms. The predicted octanol–water partition coefficient (Wildman–Crippen LogP) is -0.0224. The highest BCUT2D eigenvalue weighted by Gasteiger charge is 2.48. The van der Waals surface area contributed by atoms with Gasteiger partial charge in [0.05, 0.1) is 11.7 Å². The van der Waals surface area contributed by atoms with Gasteiger partial charge in [0.25, 0.3) is 0 Å². The Hall–Kier alpha value is -2.86. The summed E-state index contributed by atoms with van der Waals surface area (Å²) in [5.74, 6) is 4.23. The first-order valence-corrected chi connectivity index (χ1v) is 7.56. The Morgan fingerprint density at radius 2 is 1.88 bits per heavy atom. The van der Waals surface area contributed by atoms with Gasteiger partial charge in [-0.05, 0) is 13.8 Å². The molecule has 2 heterocycles. The molecule has 25 heavy (non-hydrogen) atoms. The highest BCUT2D eigenvalue weighted by molar-refractivity contribution is 5.67. The van der Waals surface area contributed by atoms with Crippen molar-refractivity contribution in [1.29, 1.82) is 0 Å². The van der Waals surface area contributed by atoms with Gasteiger partial charge in [0.15, 0.2) is 18.4 Å². The van der Waals surface area contributed by atoms with Crippen LogP contribution in [0.4, 0.5) is 5.82 Å². The van der Waals surface area contributed by atoms with Crippen LogP contribution < -0.4 is 11.4 Å². The maximum Gasteiger partial charge on any atom is 0.351 e. The lowest BCUT2D eigenvalue weighted by Crippen LogP contribution is -2.40. The topological polar surface area (TPSA) is 123 Å². The van der Waals surface area contributed by atoms with E-state index in [0.717, 1.165) is 4.57 Å². The van der Waals surface area contributed by atoms with Gasteiger partial charge in [-0.25, -0.2) is 4.79 Å². The molecule has 0 spiro atoms. The van der Waals surface area contributed by atoms with Crippen molar-refractivity contribution < 1.29 is 23.8 Å². The molecule has 0 radical (unpaired) electrons. The number of hydrogen-bond donors (Lipinski definition) is 1. The van der Waals surface area contributed by atoms with E-state index in [1.807, 2.05) is 0 Å². The number of nitrogens with two attached hydrogens (primary N) is 1. The van der Waals surface area contributed by atoms with Crippen LogP contribution in [-0.4, -0.2) is 39.8 Å². The minimum atomic E-state index is -1.03. The summed E-state index contributed by atoms with van der Waals surface area (Å²) >= 11 is 0.